The number of allylic oxidation sites excluding steroid dienone is 1. The third-order valence-electron chi connectivity index (χ3n) is 3.74. The van der Waals surface area contributed by atoms with Gasteiger partial charge in [-0.05, 0) is 38.8 Å². The number of amides is 1. The molecule has 0 saturated heterocycles. The van der Waals surface area contributed by atoms with Gasteiger partial charge in [-0.15, -0.1) is 0 Å². The maximum Gasteiger partial charge on any atom is 0.343 e. The minimum atomic E-state index is -0.500. The highest BCUT2D eigenvalue weighted by Crippen LogP contribution is 2.32. The van der Waals surface area contributed by atoms with Crippen LogP contribution in [0.3, 0.4) is 0 Å². The number of amidine groups is 1. The van der Waals surface area contributed by atoms with Gasteiger partial charge in [0.1, 0.15) is 11.4 Å². The van der Waals surface area contributed by atoms with E-state index in [9.17, 15) is 9.59 Å². The smallest absolute Gasteiger partial charge is 0.343 e. The summed E-state index contributed by atoms with van der Waals surface area (Å²) in [6.45, 7) is 3.77. The maximum atomic E-state index is 12.3. The molecule has 23 heavy (non-hydrogen) atoms. The van der Waals surface area contributed by atoms with E-state index in [1.165, 1.54) is 0 Å². The SMILES string of the molecule is CCOC(=O)C1=C(C)Nc2ccccc2N=C1NC(=O)C1CC1. The average Bonchev–Trinajstić information content (AvgIpc) is 3.33. The van der Waals surface area contributed by atoms with Crippen LogP contribution < -0.4 is 10.6 Å². The lowest BCUT2D eigenvalue weighted by Crippen LogP contribution is -2.36. The largest absolute Gasteiger partial charge is 0.462 e. The van der Waals surface area contributed by atoms with Gasteiger partial charge in [-0.3, -0.25) is 4.79 Å². The van der Waals surface area contributed by atoms with E-state index in [0.717, 1.165) is 18.5 Å². The van der Waals surface area contributed by atoms with Crippen LogP contribution in [-0.2, 0) is 14.3 Å². The predicted octanol–water partition coefficient (Wildman–Crippen LogP) is 2.51. The Balaban J connectivity index is 2.02. The monoisotopic (exact) mass is 313 g/mol. The van der Waals surface area contributed by atoms with Crippen LogP contribution in [0, 0.1) is 5.92 Å². The molecule has 0 bridgehead atoms. The minimum absolute atomic E-state index is 0.0212. The number of nitrogens with one attached hydrogen (secondary N) is 2. The molecule has 0 radical (unpaired) electrons. The maximum absolute atomic E-state index is 12.3. The van der Waals surface area contributed by atoms with Crippen molar-refractivity contribution in [3.8, 4) is 0 Å². The highest BCUT2D eigenvalue weighted by Gasteiger charge is 2.33. The van der Waals surface area contributed by atoms with Gasteiger partial charge in [-0.1, -0.05) is 12.1 Å². The quantitative estimate of drug-likeness (QED) is 0.840. The third kappa shape index (κ3) is 3.26. The first-order valence-corrected chi connectivity index (χ1v) is 7.74. The highest BCUT2D eigenvalue weighted by molar-refractivity contribution is 6.24. The summed E-state index contributed by atoms with van der Waals surface area (Å²) in [4.78, 5) is 29.0. The zero-order valence-corrected chi connectivity index (χ0v) is 13.2. The standard InChI is InChI=1S/C17H19N3O3/c1-3-23-17(22)14-10(2)18-12-6-4-5-7-13(12)19-15(14)20-16(21)11-8-9-11/h4-7,11,18H,3,8-9H2,1-2H3,(H,19,20,21). The van der Waals surface area contributed by atoms with E-state index in [0.29, 0.717) is 11.4 Å². The van der Waals surface area contributed by atoms with Crippen LogP contribution in [0.15, 0.2) is 40.5 Å². The number of esters is 1. The molecule has 3 rings (SSSR count). The topological polar surface area (TPSA) is 79.8 Å². The van der Waals surface area contributed by atoms with Crippen molar-refractivity contribution in [2.75, 3.05) is 11.9 Å². The first-order chi connectivity index (χ1) is 11.1. The number of rotatable bonds is 3. The predicted molar refractivity (Wildman–Crippen MR) is 87.4 cm³/mol. The first-order valence-electron chi connectivity index (χ1n) is 7.74. The average molecular weight is 313 g/mol. The molecule has 0 unspecified atom stereocenters. The van der Waals surface area contributed by atoms with E-state index in [4.69, 9.17) is 4.74 Å². The van der Waals surface area contributed by atoms with Gasteiger partial charge < -0.3 is 15.4 Å². The normalized spacial score (nSPS) is 16.7. The number of carbonyl (C=O) groups excluding carboxylic acids is 2. The fraction of sp³-hybridized carbons (Fsp3) is 0.353. The second-order valence-corrected chi connectivity index (χ2v) is 5.59. The minimum Gasteiger partial charge on any atom is -0.462 e. The summed E-state index contributed by atoms with van der Waals surface area (Å²) >= 11 is 0. The van der Waals surface area contributed by atoms with Crippen molar-refractivity contribution in [3.05, 3.63) is 35.5 Å². The van der Waals surface area contributed by atoms with Gasteiger partial charge in [-0.2, -0.15) is 0 Å². The Bertz CT molecular complexity index is 718. The molecule has 1 aliphatic carbocycles. The molecular formula is C17H19N3O3. The van der Waals surface area contributed by atoms with Crippen LogP contribution in [0.5, 0.6) is 0 Å². The molecule has 6 heteroatoms. The van der Waals surface area contributed by atoms with Crippen molar-refractivity contribution >= 4 is 29.1 Å². The van der Waals surface area contributed by atoms with Crippen LogP contribution in [0.2, 0.25) is 0 Å². The fourth-order valence-electron chi connectivity index (χ4n) is 2.40. The number of aliphatic imine (C=N–C) groups is 1. The zero-order chi connectivity index (χ0) is 16.4. The van der Waals surface area contributed by atoms with Gasteiger partial charge in [0, 0.05) is 11.6 Å². The second-order valence-electron chi connectivity index (χ2n) is 5.59. The molecule has 6 nitrogen and oxygen atoms in total. The lowest BCUT2D eigenvalue weighted by atomic mass is 10.2. The summed E-state index contributed by atoms with van der Waals surface area (Å²) < 4.78 is 5.13. The Morgan fingerprint density at radius 1 is 1.35 bits per heavy atom. The first kappa shape index (κ1) is 15.3. The van der Waals surface area contributed by atoms with Crippen molar-refractivity contribution in [2.45, 2.75) is 26.7 Å². The van der Waals surface area contributed by atoms with E-state index in [-0.39, 0.29) is 29.8 Å². The summed E-state index contributed by atoms with van der Waals surface area (Å²) in [6.07, 6.45) is 1.76. The van der Waals surface area contributed by atoms with E-state index in [1.807, 2.05) is 24.3 Å². The van der Waals surface area contributed by atoms with Crippen LogP contribution in [-0.4, -0.2) is 24.3 Å². The van der Waals surface area contributed by atoms with Gasteiger partial charge in [-0.25, -0.2) is 9.79 Å². The van der Waals surface area contributed by atoms with Gasteiger partial charge >= 0.3 is 5.97 Å². The molecule has 1 saturated carbocycles. The van der Waals surface area contributed by atoms with Crippen molar-refractivity contribution in [3.63, 3.8) is 0 Å². The molecule has 1 aromatic rings. The van der Waals surface area contributed by atoms with Crippen LogP contribution in [0.4, 0.5) is 11.4 Å². The molecule has 0 aromatic heterocycles. The zero-order valence-electron chi connectivity index (χ0n) is 13.2. The van der Waals surface area contributed by atoms with Gasteiger partial charge in [0.25, 0.3) is 0 Å². The Labute approximate surface area is 134 Å². The molecule has 2 aliphatic rings. The van der Waals surface area contributed by atoms with Gasteiger partial charge in [0.15, 0.2) is 0 Å². The number of ether oxygens (including phenoxy) is 1. The number of nitrogens with zero attached hydrogens (tertiary/aromatic N) is 1. The van der Waals surface area contributed by atoms with E-state index in [2.05, 4.69) is 15.6 Å². The van der Waals surface area contributed by atoms with Crippen molar-refractivity contribution in [1.82, 2.24) is 5.32 Å². The number of anilines is 1. The molecule has 120 valence electrons. The van der Waals surface area contributed by atoms with Crippen molar-refractivity contribution in [1.29, 1.82) is 0 Å². The Kier molecular flexibility index (Phi) is 4.14. The van der Waals surface area contributed by atoms with E-state index < -0.39 is 5.97 Å². The number of hydrogen-bond acceptors (Lipinski definition) is 5. The summed E-state index contributed by atoms with van der Waals surface area (Å²) in [5, 5.41) is 5.97. The molecule has 1 fully saturated rings. The molecule has 2 N–H and O–H groups in total. The molecule has 1 aromatic carbocycles. The number of fused-ring (bicyclic) bond motifs is 1. The lowest BCUT2D eigenvalue weighted by Gasteiger charge is -2.13. The summed E-state index contributed by atoms with van der Waals surface area (Å²) in [7, 11) is 0. The molecule has 1 heterocycles. The molecule has 0 spiro atoms. The molecule has 0 atom stereocenters. The van der Waals surface area contributed by atoms with Crippen molar-refractivity contribution in [2.24, 2.45) is 10.9 Å². The summed E-state index contributed by atoms with van der Waals surface area (Å²) in [6, 6.07) is 7.44. The molecule has 1 aliphatic heterocycles. The van der Waals surface area contributed by atoms with Crippen LogP contribution >= 0.6 is 0 Å². The number of para-hydroxylation sites is 2. The Morgan fingerprint density at radius 3 is 2.78 bits per heavy atom. The van der Waals surface area contributed by atoms with E-state index >= 15 is 0 Å². The number of benzene rings is 1. The highest BCUT2D eigenvalue weighted by atomic mass is 16.5. The Morgan fingerprint density at radius 2 is 2.09 bits per heavy atom. The number of carbonyl (C=O) groups is 2. The van der Waals surface area contributed by atoms with E-state index in [1.54, 1.807) is 13.8 Å². The summed E-state index contributed by atoms with van der Waals surface area (Å²) in [5.41, 5.74) is 2.31. The van der Waals surface area contributed by atoms with Gasteiger partial charge in [0.05, 0.1) is 18.0 Å². The lowest BCUT2D eigenvalue weighted by molar-refractivity contribution is -0.137. The second kappa shape index (κ2) is 6.24. The molecule has 1 amide bonds. The van der Waals surface area contributed by atoms with Gasteiger partial charge in [0.2, 0.25) is 5.91 Å². The van der Waals surface area contributed by atoms with Crippen LogP contribution in [0.1, 0.15) is 26.7 Å². The van der Waals surface area contributed by atoms with Crippen LogP contribution in [0.25, 0.3) is 0 Å². The third-order valence-corrected chi connectivity index (χ3v) is 3.74. The summed E-state index contributed by atoms with van der Waals surface area (Å²) in [5.74, 6) is -0.332. The fourth-order valence-corrected chi connectivity index (χ4v) is 2.40. The Hall–Kier alpha value is -2.63. The van der Waals surface area contributed by atoms with Crippen molar-refractivity contribution < 1.29 is 14.3 Å². The number of hydrogen-bond donors (Lipinski definition) is 2. The molecular weight excluding hydrogens is 294 g/mol.